The summed E-state index contributed by atoms with van der Waals surface area (Å²) in [4.78, 5) is 23.0. The van der Waals surface area contributed by atoms with E-state index >= 15 is 0 Å². The maximum Gasteiger partial charge on any atom is 0.208 e. The predicted molar refractivity (Wildman–Crippen MR) is 185 cm³/mol. The summed E-state index contributed by atoms with van der Waals surface area (Å²) in [6.45, 7) is 26.7. The van der Waals surface area contributed by atoms with E-state index in [1.165, 1.54) is 17.7 Å². The predicted octanol–water partition coefficient (Wildman–Crippen LogP) is 9.39. The van der Waals surface area contributed by atoms with Gasteiger partial charge in [0, 0.05) is 17.9 Å². The van der Waals surface area contributed by atoms with Crippen LogP contribution in [0.3, 0.4) is 0 Å². The summed E-state index contributed by atoms with van der Waals surface area (Å²) in [5.41, 5.74) is 1.98. The number of rotatable bonds is 13. The number of aliphatic hydroxyl groups is 1. The molecule has 0 radical (unpaired) electrons. The number of thiophene rings is 1. The van der Waals surface area contributed by atoms with Gasteiger partial charge >= 0.3 is 0 Å². The summed E-state index contributed by atoms with van der Waals surface area (Å²) in [5.74, 6) is 0.219. The third-order valence-corrected chi connectivity index (χ3v) is 22.0. The number of hydrogen-bond acceptors (Lipinski definition) is 8. The van der Waals surface area contributed by atoms with Gasteiger partial charge in [0.25, 0.3) is 0 Å². The summed E-state index contributed by atoms with van der Waals surface area (Å²) >= 11 is 7.94. The Hall–Kier alpha value is -1.15. The summed E-state index contributed by atoms with van der Waals surface area (Å²) < 4.78 is 14.2. The molecule has 0 bridgehead atoms. The van der Waals surface area contributed by atoms with Gasteiger partial charge in [-0.15, -0.1) is 11.3 Å². The maximum absolute atomic E-state index is 13.9. The highest BCUT2D eigenvalue weighted by atomic mass is 35.5. The SMILES string of the molecule is CC(C)[Si](O[C@@H]1CC[C@@](CO)(Nc2ncncc2C(=O)c2cc([C@@H](C)O[Si](C)(C)C(C)(C)C)c(Cl)s2)C1)(C(C)C)C(C)C. The highest BCUT2D eigenvalue weighted by Crippen LogP contribution is 2.47. The van der Waals surface area contributed by atoms with E-state index in [0.29, 0.717) is 43.6 Å². The lowest BCUT2D eigenvalue weighted by Crippen LogP contribution is -2.50. The second-order valence-corrected chi connectivity index (χ2v) is 26.7. The average molecular weight is 668 g/mol. The Morgan fingerprint density at radius 2 is 1.77 bits per heavy atom. The van der Waals surface area contributed by atoms with E-state index in [2.05, 4.69) is 90.7 Å². The van der Waals surface area contributed by atoms with E-state index in [4.69, 9.17) is 20.5 Å². The number of aliphatic hydroxyl groups excluding tert-OH is 1. The van der Waals surface area contributed by atoms with E-state index in [1.54, 1.807) is 6.20 Å². The molecule has 0 unspecified atom stereocenters. The van der Waals surface area contributed by atoms with E-state index in [9.17, 15) is 9.90 Å². The van der Waals surface area contributed by atoms with Gasteiger partial charge in [0.2, 0.25) is 14.1 Å². The number of nitrogens with one attached hydrogen (secondary N) is 1. The fraction of sp³-hybridized carbons (Fsp3) is 0.719. The lowest BCUT2D eigenvalue weighted by Gasteiger charge is -2.44. The van der Waals surface area contributed by atoms with Crippen molar-refractivity contribution in [3.63, 3.8) is 0 Å². The van der Waals surface area contributed by atoms with Crippen LogP contribution in [0.4, 0.5) is 5.82 Å². The molecular weight excluding hydrogens is 614 g/mol. The third-order valence-electron chi connectivity index (χ3n) is 9.94. The summed E-state index contributed by atoms with van der Waals surface area (Å²) in [6, 6.07) is 1.85. The highest BCUT2D eigenvalue weighted by Gasteiger charge is 2.50. The normalized spacial score (nSPS) is 20.8. The highest BCUT2D eigenvalue weighted by molar-refractivity contribution is 7.18. The maximum atomic E-state index is 13.9. The fourth-order valence-electron chi connectivity index (χ4n) is 6.60. The molecule has 3 rings (SSSR count). The largest absolute Gasteiger partial charge is 0.413 e. The number of nitrogens with zero attached hydrogens (tertiary/aromatic N) is 2. The monoisotopic (exact) mass is 667 g/mol. The number of ketones is 1. The zero-order chi connectivity index (χ0) is 32.5. The smallest absolute Gasteiger partial charge is 0.208 e. The topological polar surface area (TPSA) is 93.6 Å². The molecule has 0 aliphatic heterocycles. The average Bonchev–Trinajstić information content (AvgIpc) is 3.49. The van der Waals surface area contributed by atoms with Crippen LogP contribution in [-0.4, -0.2) is 55.7 Å². The lowest BCUT2D eigenvalue weighted by molar-refractivity contribution is 0.104. The van der Waals surface area contributed by atoms with Crippen molar-refractivity contribution in [2.24, 2.45) is 0 Å². The van der Waals surface area contributed by atoms with Gasteiger partial charge in [0.1, 0.15) is 12.1 Å². The molecule has 7 nitrogen and oxygen atoms in total. The molecule has 43 heavy (non-hydrogen) atoms. The Balaban J connectivity index is 1.85. The minimum atomic E-state index is -2.08. The van der Waals surface area contributed by atoms with Crippen LogP contribution in [-0.2, 0) is 8.85 Å². The molecule has 11 heteroatoms. The first-order valence-electron chi connectivity index (χ1n) is 15.7. The molecule has 242 valence electrons. The Bertz CT molecular complexity index is 1240. The Labute approximate surface area is 270 Å². The van der Waals surface area contributed by atoms with E-state index in [0.717, 1.165) is 18.4 Å². The minimum Gasteiger partial charge on any atom is -0.413 e. The van der Waals surface area contributed by atoms with Crippen molar-refractivity contribution < 1.29 is 18.8 Å². The van der Waals surface area contributed by atoms with Gasteiger partial charge < -0.3 is 19.3 Å². The molecule has 0 amide bonds. The molecule has 1 fully saturated rings. The minimum absolute atomic E-state index is 0.0422. The van der Waals surface area contributed by atoms with Crippen LogP contribution in [0.25, 0.3) is 0 Å². The first-order chi connectivity index (χ1) is 19.8. The lowest BCUT2D eigenvalue weighted by atomic mass is 9.98. The Morgan fingerprint density at radius 1 is 1.16 bits per heavy atom. The standard InChI is InChI=1S/C32H54ClN3O4SSi2/c1-20(2)43(21(3)4,22(5)6)40-24-13-14-32(16-24,18-37)36-30-26(17-34-19-35-30)28(38)27-15-25(29(33)41-27)23(7)39-42(11,12)31(8,9)10/h15,17,19-24,37H,13-14,16,18H2,1-12H3,(H,34,35,36)/t23-,24-,32-/m1/s1. The van der Waals surface area contributed by atoms with Crippen LogP contribution in [0.15, 0.2) is 18.6 Å². The van der Waals surface area contributed by atoms with Gasteiger partial charge in [0.05, 0.1) is 33.0 Å². The molecule has 2 heterocycles. The quantitative estimate of drug-likeness (QED) is 0.162. The van der Waals surface area contributed by atoms with Crippen molar-refractivity contribution in [2.75, 3.05) is 11.9 Å². The van der Waals surface area contributed by atoms with Crippen molar-refractivity contribution in [1.29, 1.82) is 0 Å². The molecule has 2 aromatic heterocycles. The van der Waals surface area contributed by atoms with Crippen LogP contribution in [0.2, 0.25) is 39.1 Å². The van der Waals surface area contributed by atoms with Crippen molar-refractivity contribution in [1.82, 2.24) is 9.97 Å². The molecule has 0 spiro atoms. The van der Waals surface area contributed by atoms with Crippen molar-refractivity contribution in [3.8, 4) is 0 Å². The second kappa shape index (κ2) is 13.7. The van der Waals surface area contributed by atoms with Gasteiger partial charge in [-0.3, -0.25) is 4.79 Å². The molecule has 1 aliphatic carbocycles. The molecule has 2 aromatic rings. The first kappa shape index (κ1) is 36.3. The van der Waals surface area contributed by atoms with Crippen LogP contribution in [0.5, 0.6) is 0 Å². The molecular formula is C32H54ClN3O4SSi2. The molecule has 1 saturated carbocycles. The van der Waals surface area contributed by atoms with Crippen LogP contribution >= 0.6 is 22.9 Å². The van der Waals surface area contributed by atoms with E-state index in [-0.39, 0.29) is 29.6 Å². The van der Waals surface area contributed by atoms with Crippen LogP contribution in [0, 0.1) is 0 Å². The number of carbonyl (C=O) groups excluding carboxylic acids is 1. The number of carbonyl (C=O) groups is 1. The van der Waals surface area contributed by atoms with Crippen LogP contribution < -0.4 is 5.32 Å². The van der Waals surface area contributed by atoms with Crippen molar-refractivity contribution in [3.05, 3.63) is 38.9 Å². The van der Waals surface area contributed by atoms with E-state index < -0.39 is 22.2 Å². The van der Waals surface area contributed by atoms with E-state index in [1.807, 2.05) is 13.0 Å². The van der Waals surface area contributed by atoms with Gasteiger partial charge in [-0.25, -0.2) is 9.97 Å². The number of aromatic nitrogens is 2. The summed E-state index contributed by atoms with van der Waals surface area (Å²) in [7, 11) is -4.12. The van der Waals surface area contributed by atoms with Crippen LogP contribution in [0.1, 0.15) is 115 Å². The first-order valence-corrected chi connectivity index (χ1v) is 21.9. The Kier molecular flexibility index (Phi) is 11.6. The van der Waals surface area contributed by atoms with Gasteiger partial charge in [0.15, 0.2) is 8.32 Å². The molecule has 0 saturated heterocycles. The van der Waals surface area contributed by atoms with Gasteiger partial charge in [-0.1, -0.05) is 73.9 Å². The zero-order valence-corrected chi connectivity index (χ0v) is 31.9. The number of halogens is 1. The fourth-order valence-corrected chi connectivity index (χ4v) is 14.9. The molecule has 1 aliphatic rings. The number of hydrogen-bond donors (Lipinski definition) is 2. The number of anilines is 1. The second-order valence-electron chi connectivity index (χ2n) is 14.8. The van der Waals surface area contributed by atoms with Crippen molar-refractivity contribution >= 4 is 51.2 Å². The molecule has 0 aromatic carbocycles. The van der Waals surface area contributed by atoms with Gasteiger partial charge in [-0.2, -0.15) is 0 Å². The van der Waals surface area contributed by atoms with Crippen molar-refractivity contribution in [2.45, 2.75) is 141 Å². The summed E-state index contributed by atoms with van der Waals surface area (Å²) in [6.07, 6.45) is 5.01. The third kappa shape index (κ3) is 7.64. The molecule has 2 N–H and O–H groups in total. The Morgan fingerprint density at radius 3 is 2.30 bits per heavy atom. The van der Waals surface area contributed by atoms with Gasteiger partial charge in [-0.05, 0) is 67.0 Å². The zero-order valence-electron chi connectivity index (χ0n) is 28.3. The summed E-state index contributed by atoms with van der Waals surface area (Å²) in [5, 5.41) is 14.2. The molecule has 3 atom stereocenters.